The second-order valence-electron chi connectivity index (χ2n) is 7.21. The Kier molecular flexibility index (Phi) is 12.3. The molecule has 0 aromatic heterocycles. The van der Waals surface area contributed by atoms with E-state index in [1.54, 1.807) is 0 Å². The largest absolute Gasteiger partial charge is 0.481 e. The molecule has 0 bridgehead atoms. The molecule has 1 N–H and O–H groups in total. The fraction of sp³-hybridized carbons (Fsp3) is 0.950. The molecular weight excluding hydrogens is 288 g/mol. The van der Waals surface area contributed by atoms with Gasteiger partial charge in [-0.05, 0) is 38.0 Å². The Morgan fingerprint density at radius 3 is 2.35 bits per heavy atom. The summed E-state index contributed by atoms with van der Waals surface area (Å²) >= 11 is 0. The zero-order chi connectivity index (χ0) is 16.8. The van der Waals surface area contributed by atoms with Gasteiger partial charge in [-0.3, -0.25) is 4.79 Å². The van der Waals surface area contributed by atoms with Crippen molar-refractivity contribution < 1.29 is 14.6 Å². The van der Waals surface area contributed by atoms with Crippen LogP contribution in [0.5, 0.6) is 0 Å². The maximum atomic E-state index is 10.5. The summed E-state index contributed by atoms with van der Waals surface area (Å²) in [6.07, 6.45) is 18.3. The molecule has 1 heterocycles. The Balaban J connectivity index is 2.07. The molecule has 136 valence electrons. The Hall–Kier alpha value is -0.570. The topological polar surface area (TPSA) is 46.5 Å². The molecule has 3 nitrogen and oxygen atoms in total. The molecule has 0 aromatic carbocycles. The van der Waals surface area contributed by atoms with Gasteiger partial charge in [-0.15, -0.1) is 0 Å². The zero-order valence-corrected chi connectivity index (χ0v) is 15.2. The number of carboxylic acids is 1. The van der Waals surface area contributed by atoms with E-state index in [0.717, 1.165) is 25.4 Å². The lowest BCUT2D eigenvalue weighted by atomic mass is 9.86. The fourth-order valence-electron chi connectivity index (χ4n) is 3.71. The minimum absolute atomic E-state index is 0.327. The molecule has 1 aliphatic rings. The third-order valence-corrected chi connectivity index (χ3v) is 5.13. The molecule has 1 rings (SSSR count). The maximum absolute atomic E-state index is 10.5. The van der Waals surface area contributed by atoms with E-state index in [9.17, 15) is 4.79 Å². The lowest BCUT2D eigenvalue weighted by Crippen LogP contribution is -2.29. The van der Waals surface area contributed by atoms with E-state index in [-0.39, 0.29) is 0 Å². The lowest BCUT2D eigenvalue weighted by Gasteiger charge is -2.32. The van der Waals surface area contributed by atoms with Crippen LogP contribution in [0.4, 0.5) is 0 Å². The summed E-state index contributed by atoms with van der Waals surface area (Å²) in [5, 5.41) is 8.64. The van der Waals surface area contributed by atoms with Gasteiger partial charge in [0.1, 0.15) is 0 Å². The average Bonchev–Trinajstić information content (AvgIpc) is 2.55. The first-order valence-corrected chi connectivity index (χ1v) is 10.1. The van der Waals surface area contributed by atoms with Crippen LogP contribution in [0.15, 0.2) is 0 Å². The Labute approximate surface area is 143 Å². The van der Waals surface area contributed by atoms with Crippen LogP contribution >= 0.6 is 0 Å². The molecular formula is C20H38O3. The van der Waals surface area contributed by atoms with Gasteiger partial charge < -0.3 is 9.84 Å². The van der Waals surface area contributed by atoms with Crippen LogP contribution in [0.1, 0.15) is 103 Å². The van der Waals surface area contributed by atoms with Crippen molar-refractivity contribution in [3.8, 4) is 0 Å². The fourth-order valence-corrected chi connectivity index (χ4v) is 3.71. The molecule has 0 aromatic rings. The van der Waals surface area contributed by atoms with Gasteiger partial charge in [0, 0.05) is 13.0 Å². The summed E-state index contributed by atoms with van der Waals surface area (Å²) in [7, 11) is 0. The quantitative estimate of drug-likeness (QED) is 0.401. The van der Waals surface area contributed by atoms with E-state index in [2.05, 4.69) is 6.92 Å². The molecule has 2 unspecified atom stereocenters. The standard InChI is InChI=1S/C20H38O3/c1-2-3-4-5-6-10-15-19-18(14-12-17-23-19)13-9-7-8-11-16-20(21)22/h18-19H,2-17H2,1H3,(H,21,22). The van der Waals surface area contributed by atoms with Crippen LogP contribution in [0, 0.1) is 5.92 Å². The number of hydrogen-bond donors (Lipinski definition) is 1. The van der Waals surface area contributed by atoms with Gasteiger partial charge in [0.05, 0.1) is 6.10 Å². The molecule has 0 aliphatic carbocycles. The minimum atomic E-state index is -0.662. The van der Waals surface area contributed by atoms with Crippen LogP contribution in [-0.2, 0) is 9.53 Å². The van der Waals surface area contributed by atoms with Crippen LogP contribution < -0.4 is 0 Å². The van der Waals surface area contributed by atoms with Gasteiger partial charge in [-0.2, -0.15) is 0 Å². The average molecular weight is 327 g/mol. The van der Waals surface area contributed by atoms with E-state index in [4.69, 9.17) is 9.84 Å². The molecule has 1 fully saturated rings. The second kappa shape index (κ2) is 13.8. The van der Waals surface area contributed by atoms with Crippen molar-refractivity contribution in [1.29, 1.82) is 0 Å². The second-order valence-corrected chi connectivity index (χ2v) is 7.21. The Morgan fingerprint density at radius 2 is 1.61 bits per heavy atom. The summed E-state index contributed by atoms with van der Waals surface area (Å²) in [5.74, 6) is 0.0866. The molecule has 2 atom stereocenters. The molecule has 0 radical (unpaired) electrons. The third kappa shape index (κ3) is 10.8. The summed E-state index contributed by atoms with van der Waals surface area (Å²) in [5.41, 5.74) is 0. The highest BCUT2D eigenvalue weighted by molar-refractivity contribution is 5.66. The predicted octanol–water partition coefficient (Wildman–Crippen LogP) is 5.96. The van der Waals surface area contributed by atoms with E-state index >= 15 is 0 Å². The van der Waals surface area contributed by atoms with Crippen LogP contribution in [0.2, 0.25) is 0 Å². The van der Waals surface area contributed by atoms with Crippen LogP contribution in [0.3, 0.4) is 0 Å². The highest BCUT2D eigenvalue weighted by Gasteiger charge is 2.24. The van der Waals surface area contributed by atoms with Gasteiger partial charge in [-0.25, -0.2) is 0 Å². The highest BCUT2D eigenvalue weighted by atomic mass is 16.5. The smallest absolute Gasteiger partial charge is 0.303 e. The summed E-state index contributed by atoms with van der Waals surface area (Å²) in [4.78, 5) is 10.5. The van der Waals surface area contributed by atoms with Crippen molar-refractivity contribution in [1.82, 2.24) is 0 Å². The molecule has 23 heavy (non-hydrogen) atoms. The molecule has 1 saturated heterocycles. The van der Waals surface area contributed by atoms with E-state index in [1.807, 2.05) is 0 Å². The zero-order valence-electron chi connectivity index (χ0n) is 15.2. The number of rotatable bonds is 14. The van der Waals surface area contributed by atoms with E-state index in [1.165, 1.54) is 77.0 Å². The van der Waals surface area contributed by atoms with Crippen LogP contribution in [-0.4, -0.2) is 23.8 Å². The number of hydrogen-bond acceptors (Lipinski definition) is 2. The SMILES string of the molecule is CCCCCCCCC1OCCCC1CCCCCCC(=O)O. The predicted molar refractivity (Wildman–Crippen MR) is 95.8 cm³/mol. The van der Waals surface area contributed by atoms with Crippen molar-refractivity contribution in [3.63, 3.8) is 0 Å². The molecule has 0 spiro atoms. The lowest BCUT2D eigenvalue weighted by molar-refractivity contribution is -0.137. The van der Waals surface area contributed by atoms with Crippen molar-refractivity contribution >= 4 is 5.97 Å². The molecule has 3 heteroatoms. The highest BCUT2D eigenvalue weighted by Crippen LogP contribution is 2.29. The number of carboxylic acid groups (broad SMARTS) is 1. The van der Waals surface area contributed by atoms with Crippen molar-refractivity contribution in [2.24, 2.45) is 5.92 Å². The third-order valence-electron chi connectivity index (χ3n) is 5.13. The molecule has 1 aliphatic heterocycles. The number of unbranched alkanes of at least 4 members (excludes halogenated alkanes) is 8. The van der Waals surface area contributed by atoms with Gasteiger partial charge in [0.15, 0.2) is 0 Å². The maximum Gasteiger partial charge on any atom is 0.303 e. The Morgan fingerprint density at radius 1 is 0.957 bits per heavy atom. The minimum Gasteiger partial charge on any atom is -0.481 e. The summed E-state index contributed by atoms with van der Waals surface area (Å²) in [6.45, 7) is 3.22. The van der Waals surface area contributed by atoms with Gasteiger partial charge >= 0.3 is 5.97 Å². The van der Waals surface area contributed by atoms with Gasteiger partial charge in [0.2, 0.25) is 0 Å². The molecule has 0 saturated carbocycles. The first-order valence-electron chi connectivity index (χ1n) is 10.1. The summed E-state index contributed by atoms with van der Waals surface area (Å²) < 4.78 is 6.05. The van der Waals surface area contributed by atoms with Crippen molar-refractivity contribution in [2.75, 3.05) is 6.61 Å². The number of carbonyl (C=O) groups is 1. The number of aliphatic carboxylic acids is 1. The summed E-state index contributed by atoms with van der Waals surface area (Å²) in [6, 6.07) is 0. The van der Waals surface area contributed by atoms with Crippen molar-refractivity contribution in [3.05, 3.63) is 0 Å². The van der Waals surface area contributed by atoms with Gasteiger partial charge in [-0.1, -0.05) is 64.7 Å². The molecule has 0 amide bonds. The first kappa shape index (κ1) is 20.5. The first-order chi connectivity index (χ1) is 11.2. The van der Waals surface area contributed by atoms with E-state index in [0.29, 0.717) is 12.5 Å². The Bertz CT molecular complexity index is 291. The van der Waals surface area contributed by atoms with Crippen LogP contribution in [0.25, 0.3) is 0 Å². The van der Waals surface area contributed by atoms with Gasteiger partial charge in [0.25, 0.3) is 0 Å². The van der Waals surface area contributed by atoms with E-state index < -0.39 is 5.97 Å². The normalized spacial score (nSPS) is 21.4. The monoisotopic (exact) mass is 326 g/mol. The van der Waals surface area contributed by atoms with Crippen molar-refractivity contribution in [2.45, 2.75) is 109 Å². The number of ether oxygens (including phenoxy) is 1.